The van der Waals surface area contributed by atoms with Gasteiger partial charge in [0.1, 0.15) is 5.75 Å². The van der Waals surface area contributed by atoms with Gasteiger partial charge in [0.25, 0.3) is 5.91 Å². The van der Waals surface area contributed by atoms with E-state index in [1.807, 2.05) is 41.7 Å². The fourth-order valence-corrected chi connectivity index (χ4v) is 1.95. The molecule has 0 aromatic heterocycles. The summed E-state index contributed by atoms with van der Waals surface area (Å²) in [5, 5.41) is 6.47. The lowest BCUT2D eigenvalue weighted by molar-refractivity contribution is -0.150. The summed E-state index contributed by atoms with van der Waals surface area (Å²) in [6, 6.07) is 12.6. The normalized spacial score (nSPS) is 10.0. The Labute approximate surface area is 138 Å². The average molecular weight is 330 g/mol. The molecule has 0 saturated heterocycles. The first-order valence-electron chi connectivity index (χ1n) is 7.43. The van der Waals surface area contributed by atoms with Crippen molar-refractivity contribution in [2.75, 3.05) is 19.8 Å². The van der Waals surface area contributed by atoms with E-state index in [0.717, 1.165) is 10.8 Å². The standard InChI is InChI=1S/C17H18N2O5/c1-2-18-17(22)19-15(20)10-24-16(21)11-23-14-8-7-12-5-3-4-6-13(12)9-14/h3-9H,2,10-11H2,1H3,(H2,18,19,20,22). The first kappa shape index (κ1) is 17.3. The summed E-state index contributed by atoms with van der Waals surface area (Å²) in [4.78, 5) is 34.0. The maximum Gasteiger partial charge on any atom is 0.344 e. The summed E-state index contributed by atoms with van der Waals surface area (Å²) < 4.78 is 10.1. The number of benzene rings is 2. The molecule has 7 heteroatoms. The van der Waals surface area contributed by atoms with Crippen molar-refractivity contribution in [3.8, 4) is 5.75 Å². The number of rotatable bonds is 6. The van der Waals surface area contributed by atoms with Crippen LogP contribution < -0.4 is 15.4 Å². The Hall–Kier alpha value is -3.09. The minimum atomic E-state index is -0.708. The Morgan fingerprint density at radius 3 is 2.50 bits per heavy atom. The van der Waals surface area contributed by atoms with E-state index >= 15 is 0 Å². The monoisotopic (exact) mass is 330 g/mol. The van der Waals surface area contributed by atoms with Gasteiger partial charge in [-0.25, -0.2) is 9.59 Å². The Morgan fingerprint density at radius 2 is 1.75 bits per heavy atom. The molecule has 0 fully saturated rings. The van der Waals surface area contributed by atoms with E-state index in [0.29, 0.717) is 12.3 Å². The molecule has 24 heavy (non-hydrogen) atoms. The summed E-state index contributed by atoms with van der Waals surface area (Å²) in [5.74, 6) is -0.883. The fraction of sp³-hybridized carbons (Fsp3) is 0.235. The molecule has 0 aliphatic heterocycles. The van der Waals surface area contributed by atoms with Crippen molar-refractivity contribution in [1.29, 1.82) is 0 Å². The van der Waals surface area contributed by atoms with E-state index in [4.69, 9.17) is 9.47 Å². The first-order chi connectivity index (χ1) is 11.6. The van der Waals surface area contributed by atoms with Crippen molar-refractivity contribution in [3.63, 3.8) is 0 Å². The van der Waals surface area contributed by atoms with E-state index in [1.165, 1.54) is 0 Å². The van der Waals surface area contributed by atoms with Crippen LogP contribution in [-0.4, -0.2) is 37.7 Å². The number of amides is 3. The molecule has 2 N–H and O–H groups in total. The lowest BCUT2D eigenvalue weighted by Crippen LogP contribution is -2.41. The van der Waals surface area contributed by atoms with Gasteiger partial charge in [-0.3, -0.25) is 10.1 Å². The van der Waals surface area contributed by atoms with Gasteiger partial charge in [0.15, 0.2) is 13.2 Å². The van der Waals surface area contributed by atoms with Crippen LogP contribution in [-0.2, 0) is 14.3 Å². The summed E-state index contributed by atoms with van der Waals surface area (Å²) >= 11 is 0. The zero-order valence-corrected chi connectivity index (χ0v) is 13.2. The third kappa shape index (κ3) is 5.28. The minimum absolute atomic E-state index is 0.327. The Balaban J connectivity index is 1.76. The number of carbonyl (C=O) groups excluding carboxylic acids is 3. The Kier molecular flexibility index (Phi) is 6.13. The number of imide groups is 1. The smallest absolute Gasteiger partial charge is 0.344 e. The third-order valence-electron chi connectivity index (χ3n) is 3.03. The quantitative estimate of drug-likeness (QED) is 0.785. The van der Waals surface area contributed by atoms with Gasteiger partial charge in [0.05, 0.1) is 0 Å². The maximum atomic E-state index is 11.6. The molecule has 126 valence electrons. The van der Waals surface area contributed by atoms with Crippen LogP contribution in [0.1, 0.15) is 6.92 Å². The zero-order valence-electron chi connectivity index (χ0n) is 13.2. The molecule has 7 nitrogen and oxygen atoms in total. The maximum absolute atomic E-state index is 11.6. The molecule has 0 spiro atoms. The zero-order chi connectivity index (χ0) is 17.4. The number of hydrogen-bond donors (Lipinski definition) is 2. The molecule has 0 atom stereocenters. The highest BCUT2D eigenvalue weighted by Gasteiger charge is 2.11. The van der Waals surface area contributed by atoms with Crippen molar-refractivity contribution in [2.24, 2.45) is 0 Å². The molecule has 0 heterocycles. The van der Waals surface area contributed by atoms with E-state index in [1.54, 1.807) is 13.0 Å². The Bertz CT molecular complexity index is 745. The topological polar surface area (TPSA) is 93.7 Å². The van der Waals surface area contributed by atoms with Crippen LogP contribution in [0.5, 0.6) is 5.75 Å². The molecular formula is C17H18N2O5. The summed E-state index contributed by atoms with van der Waals surface area (Å²) in [6.45, 7) is 1.23. The highest BCUT2D eigenvalue weighted by Crippen LogP contribution is 2.20. The van der Waals surface area contributed by atoms with Crippen LogP contribution in [0.3, 0.4) is 0 Å². The van der Waals surface area contributed by atoms with Gasteiger partial charge in [0, 0.05) is 6.54 Å². The van der Waals surface area contributed by atoms with Crippen molar-refractivity contribution >= 4 is 28.7 Å². The molecule has 3 amide bonds. The minimum Gasteiger partial charge on any atom is -0.482 e. The highest BCUT2D eigenvalue weighted by atomic mass is 16.6. The van der Waals surface area contributed by atoms with Crippen LogP contribution in [0.25, 0.3) is 10.8 Å². The molecule has 2 aromatic carbocycles. The van der Waals surface area contributed by atoms with Crippen molar-refractivity contribution in [3.05, 3.63) is 42.5 Å². The predicted octanol–water partition coefficient (Wildman–Crippen LogP) is 1.61. The Morgan fingerprint density at radius 1 is 1.00 bits per heavy atom. The number of hydrogen-bond acceptors (Lipinski definition) is 5. The molecule has 0 aliphatic rings. The van der Waals surface area contributed by atoms with Gasteiger partial charge in [0.2, 0.25) is 0 Å². The van der Waals surface area contributed by atoms with Crippen molar-refractivity contribution in [1.82, 2.24) is 10.6 Å². The van der Waals surface area contributed by atoms with Gasteiger partial charge in [-0.05, 0) is 29.8 Å². The highest BCUT2D eigenvalue weighted by molar-refractivity contribution is 5.95. The number of nitrogens with one attached hydrogen (secondary N) is 2. The van der Waals surface area contributed by atoms with E-state index in [2.05, 4.69) is 5.32 Å². The lowest BCUT2D eigenvalue weighted by atomic mass is 10.1. The van der Waals surface area contributed by atoms with Crippen molar-refractivity contribution < 1.29 is 23.9 Å². The number of ether oxygens (including phenoxy) is 2. The molecule has 2 rings (SSSR count). The van der Waals surface area contributed by atoms with Gasteiger partial charge in [-0.1, -0.05) is 30.3 Å². The first-order valence-corrected chi connectivity index (χ1v) is 7.43. The van der Waals surface area contributed by atoms with Gasteiger partial charge < -0.3 is 14.8 Å². The number of esters is 1. The van der Waals surface area contributed by atoms with Crippen molar-refractivity contribution in [2.45, 2.75) is 6.92 Å². The SMILES string of the molecule is CCNC(=O)NC(=O)COC(=O)COc1ccc2ccccc2c1. The molecule has 0 unspecified atom stereocenters. The molecule has 0 aliphatic carbocycles. The van der Waals surface area contributed by atoms with Gasteiger partial charge >= 0.3 is 12.0 Å². The number of urea groups is 1. The van der Waals surface area contributed by atoms with Gasteiger partial charge in [-0.15, -0.1) is 0 Å². The summed E-state index contributed by atoms with van der Waals surface area (Å²) in [7, 11) is 0. The second kappa shape index (κ2) is 8.52. The van der Waals surface area contributed by atoms with Crippen LogP contribution in [0.4, 0.5) is 4.79 Å². The molecule has 0 saturated carbocycles. The van der Waals surface area contributed by atoms with Crippen LogP contribution in [0.2, 0.25) is 0 Å². The second-order valence-corrected chi connectivity index (χ2v) is 4.87. The predicted molar refractivity (Wildman–Crippen MR) is 87.6 cm³/mol. The summed E-state index contributed by atoms with van der Waals surface area (Å²) in [6.07, 6.45) is 0. The molecule has 0 radical (unpaired) electrons. The number of carbonyl (C=O) groups is 3. The lowest BCUT2D eigenvalue weighted by Gasteiger charge is -2.08. The number of fused-ring (bicyclic) bond motifs is 1. The third-order valence-corrected chi connectivity index (χ3v) is 3.03. The van der Waals surface area contributed by atoms with E-state index < -0.39 is 24.5 Å². The molecular weight excluding hydrogens is 312 g/mol. The average Bonchev–Trinajstić information content (AvgIpc) is 2.58. The van der Waals surface area contributed by atoms with E-state index in [-0.39, 0.29) is 6.61 Å². The van der Waals surface area contributed by atoms with Crippen LogP contribution in [0, 0.1) is 0 Å². The van der Waals surface area contributed by atoms with Crippen LogP contribution >= 0.6 is 0 Å². The van der Waals surface area contributed by atoms with Gasteiger partial charge in [-0.2, -0.15) is 0 Å². The van der Waals surface area contributed by atoms with Crippen LogP contribution in [0.15, 0.2) is 42.5 Å². The largest absolute Gasteiger partial charge is 0.482 e. The summed E-state index contributed by atoms with van der Waals surface area (Å²) in [5.41, 5.74) is 0. The molecule has 2 aromatic rings. The molecule has 0 bridgehead atoms. The fourth-order valence-electron chi connectivity index (χ4n) is 1.95. The van der Waals surface area contributed by atoms with E-state index in [9.17, 15) is 14.4 Å². The second-order valence-electron chi connectivity index (χ2n) is 4.87.